The van der Waals surface area contributed by atoms with Crippen molar-refractivity contribution in [1.82, 2.24) is 0 Å². The lowest BCUT2D eigenvalue weighted by Gasteiger charge is -2.15. The fraction of sp³-hybridized carbons (Fsp3) is 0.273. The molecule has 0 N–H and O–H groups in total. The average Bonchev–Trinajstić information content (AvgIpc) is 2.38. The minimum Gasteiger partial charge on any atom is -0.492 e. The first-order valence-electron chi connectivity index (χ1n) is 4.73. The van der Waals surface area contributed by atoms with Crippen molar-refractivity contribution in [2.45, 2.75) is 0 Å². The minimum absolute atomic E-state index is 0.340. The van der Waals surface area contributed by atoms with Crippen LogP contribution in [0.25, 0.3) is 0 Å². The van der Waals surface area contributed by atoms with E-state index in [1.807, 2.05) is 0 Å². The molecule has 1 rings (SSSR count). The van der Waals surface area contributed by atoms with Crippen LogP contribution in [-0.2, 0) is 33.4 Å². The van der Waals surface area contributed by atoms with Crippen molar-refractivity contribution >= 4 is 23.5 Å². The summed E-state index contributed by atoms with van der Waals surface area (Å²) >= 11 is 0. The van der Waals surface area contributed by atoms with Crippen LogP contribution in [0.4, 0.5) is 0 Å². The summed E-state index contributed by atoms with van der Waals surface area (Å²) in [5.41, 5.74) is -1.34. The maximum atomic E-state index is 11.8. The number of methoxy groups -OCH3 is 3. The number of rotatable bonds is 3. The van der Waals surface area contributed by atoms with Crippen LogP contribution in [0.5, 0.6) is 0 Å². The van der Waals surface area contributed by atoms with E-state index in [1.165, 1.54) is 0 Å². The average molecular weight is 254 g/mol. The van der Waals surface area contributed by atoms with Gasteiger partial charge in [0.05, 0.1) is 21.3 Å². The van der Waals surface area contributed by atoms with Crippen molar-refractivity contribution in [3.8, 4) is 0 Å². The van der Waals surface area contributed by atoms with Crippen molar-refractivity contribution in [3.63, 3.8) is 0 Å². The Balaban J connectivity index is 3.44. The molecule has 1 aliphatic rings. The van der Waals surface area contributed by atoms with Gasteiger partial charge in [0.25, 0.3) is 0 Å². The van der Waals surface area contributed by atoms with Gasteiger partial charge in [-0.1, -0.05) is 0 Å². The van der Waals surface area contributed by atoms with Gasteiger partial charge < -0.3 is 14.2 Å². The lowest BCUT2D eigenvalue weighted by Crippen LogP contribution is -2.30. The number of carbonyl (C=O) groups excluding carboxylic acids is 4. The quantitative estimate of drug-likeness (QED) is 0.373. The summed E-state index contributed by atoms with van der Waals surface area (Å²) in [4.78, 5) is 46.4. The Morgan fingerprint density at radius 2 is 1.44 bits per heavy atom. The second-order valence-electron chi connectivity index (χ2n) is 3.14. The summed E-state index contributed by atoms with van der Waals surface area (Å²) in [6, 6.07) is 0. The summed E-state index contributed by atoms with van der Waals surface area (Å²) in [6.07, 6.45) is 0.820. The number of ether oxygens (including phenoxy) is 3. The number of hydrogen-bond donors (Lipinski definition) is 0. The Morgan fingerprint density at radius 3 is 1.89 bits per heavy atom. The summed E-state index contributed by atoms with van der Waals surface area (Å²) in [7, 11) is 3.21. The highest BCUT2D eigenvalue weighted by atomic mass is 16.5. The smallest absolute Gasteiger partial charge is 0.343 e. The zero-order chi connectivity index (χ0) is 13.9. The van der Waals surface area contributed by atoms with Crippen LogP contribution in [0.1, 0.15) is 0 Å². The molecule has 0 bridgehead atoms. The molecule has 0 radical (unpaired) electrons. The monoisotopic (exact) mass is 254 g/mol. The molecule has 0 saturated heterocycles. The van der Waals surface area contributed by atoms with Crippen LogP contribution in [0.3, 0.4) is 0 Å². The summed E-state index contributed by atoms with van der Waals surface area (Å²) < 4.78 is 13.4. The molecule has 0 spiro atoms. The predicted molar refractivity (Wildman–Crippen MR) is 56.2 cm³/mol. The van der Waals surface area contributed by atoms with E-state index in [9.17, 15) is 19.2 Å². The van der Waals surface area contributed by atoms with Gasteiger partial charge in [0, 0.05) is 6.08 Å². The number of hydrogen-bond acceptors (Lipinski definition) is 7. The van der Waals surface area contributed by atoms with Gasteiger partial charge in [-0.05, 0) is 0 Å². The van der Waals surface area contributed by atoms with Crippen LogP contribution in [0.15, 0.2) is 23.0 Å². The summed E-state index contributed by atoms with van der Waals surface area (Å²) in [5, 5.41) is 0. The molecular weight excluding hydrogens is 244 g/mol. The van der Waals surface area contributed by atoms with Gasteiger partial charge in [0.15, 0.2) is 11.5 Å². The van der Waals surface area contributed by atoms with E-state index in [4.69, 9.17) is 0 Å². The van der Waals surface area contributed by atoms with Crippen molar-refractivity contribution in [2.75, 3.05) is 21.3 Å². The third-order valence-electron chi connectivity index (χ3n) is 2.21. The van der Waals surface area contributed by atoms with E-state index >= 15 is 0 Å². The molecular formula is C11H10O7. The van der Waals surface area contributed by atoms with E-state index in [0.29, 0.717) is 0 Å². The van der Waals surface area contributed by atoms with Gasteiger partial charge in [-0.15, -0.1) is 0 Å². The molecule has 0 amide bonds. The van der Waals surface area contributed by atoms with Gasteiger partial charge in [-0.25, -0.2) is 9.59 Å². The van der Waals surface area contributed by atoms with Gasteiger partial charge in [0.1, 0.15) is 11.1 Å². The largest absolute Gasteiger partial charge is 0.492 e. The Kier molecular flexibility index (Phi) is 3.98. The molecule has 96 valence electrons. The van der Waals surface area contributed by atoms with Crippen molar-refractivity contribution < 1.29 is 33.4 Å². The molecule has 0 aromatic carbocycles. The zero-order valence-electron chi connectivity index (χ0n) is 9.94. The second kappa shape index (κ2) is 5.26. The van der Waals surface area contributed by atoms with E-state index in [1.54, 1.807) is 0 Å². The SMILES string of the molecule is COC(=O)C1=C(C(=O)OC)C(=O)C(OC)=CC1=O. The van der Waals surface area contributed by atoms with Crippen LogP contribution < -0.4 is 0 Å². The first-order chi connectivity index (χ1) is 8.47. The molecule has 0 heterocycles. The maximum Gasteiger partial charge on any atom is 0.343 e. The highest BCUT2D eigenvalue weighted by Gasteiger charge is 2.38. The Morgan fingerprint density at radius 1 is 0.944 bits per heavy atom. The lowest BCUT2D eigenvalue weighted by molar-refractivity contribution is -0.142. The fourth-order valence-corrected chi connectivity index (χ4v) is 1.37. The number of esters is 2. The van der Waals surface area contributed by atoms with Crippen LogP contribution in [-0.4, -0.2) is 44.8 Å². The number of allylic oxidation sites excluding steroid dienone is 2. The van der Waals surface area contributed by atoms with Crippen LogP contribution in [0.2, 0.25) is 0 Å². The van der Waals surface area contributed by atoms with Crippen LogP contribution >= 0.6 is 0 Å². The van der Waals surface area contributed by atoms with E-state index in [-0.39, 0.29) is 5.76 Å². The predicted octanol–water partition coefficient (Wildman–Crippen LogP) is -0.689. The first-order valence-corrected chi connectivity index (χ1v) is 4.73. The highest BCUT2D eigenvalue weighted by molar-refractivity contribution is 6.38. The molecule has 0 aliphatic heterocycles. The van der Waals surface area contributed by atoms with Crippen molar-refractivity contribution in [1.29, 1.82) is 0 Å². The Bertz CT molecular complexity index is 496. The second-order valence-corrected chi connectivity index (χ2v) is 3.14. The zero-order valence-corrected chi connectivity index (χ0v) is 9.94. The lowest BCUT2D eigenvalue weighted by atomic mass is 9.93. The summed E-state index contributed by atoms with van der Waals surface area (Å²) in [5.74, 6) is -4.27. The van der Waals surface area contributed by atoms with Crippen molar-refractivity contribution in [3.05, 3.63) is 23.0 Å². The third kappa shape index (κ3) is 2.15. The Labute approximate surface area is 102 Å². The van der Waals surface area contributed by atoms with Gasteiger partial charge in [-0.3, -0.25) is 9.59 Å². The molecule has 7 heteroatoms. The molecule has 0 aromatic heterocycles. The number of ketones is 2. The molecule has 18 heavy (non-hydrogen) atoms. The van der Waals surface area contributed by atoms with E-state index in [2.05, 4.69) is 14.2 Å². The topological polar surface area (TPSA) is 96.0 Å². The van der Waals surface area contributed by atoms with E-state index in [0.717, 1.165) is 27.4 Å². The molecule has 0 aromatic rings. The number of carbonyl (C=O) groups is 4. The van der Waals surface area contributed by atoms with Crippen LogP contribution in [0, 0.1) is 0 Å². The minimum atomic E-state index is -1.10. The van der Waals surface area contributed by atoms with Crippen molar-refractivity contribution in [2.24, 2.45) is 0 Å². The molecule has 0 atom stereocenters. The third-order valence-corrected chi connectivity index (χ3v) is 2.21. The molecule has 0 saturated carbocycles. The van der Waals surface area contributed by atoms with Gasteiger partial charge in [-0.2, -0.15) is 0 Å². The first kappa shape index (κ1) is 13.6. The van der Waals surface area contributed by atoms with Gasteiger partial charge in [0.2, 0.25) is 5.78 Å². The standard InChI is InChI=1S/C11H10O7/c1-16-6-4-5(12)7(10(14)17-2)8(9(6)13)11(15)18-3/h4H,1-3H3. The van der Waals surface area contributed by atoms with Gasteiger partial charge >= 0.3 is 11.9 Å². The normalized spacial score (nSPS) is 15.2. The molecule has 0 fully saturated rings. The fourth-order valence-electron chi connectivity index (χ4n) is 1.37. The van der Waals surface area contributed by atoms with E-state index < -0.39 is 34.7 Å². The number of Topliss-reactive ketones (excluding diaryl/α,β-unsaturated/α-hetero) is 1. The Hall–Kier alpha value is -2.44. The highest BCUT2D eigenvalue weighted by Crippen LogP contribution is 2.21. The molecule has 0 unspecified atom stereocenters. The molecule has 1 aliphatic carbocycles. The summed E-state index contributed by atoms with van der Waals surface area (Å²) in [6.45, 7) is 0. The molecule has 7 nitrogen and oxygen atoms in total. The maximum absolute atomic E-state index is 11.8.